The summed E-state index contributed by atoms with van der Waals surface area (Å²) >= 11 is 0. The molecule has 1 N–H and O–H groups in total. The molecule has 3 rings (SSSR count). The van der Waals surface area contributed by atoms with Crippen LogP contribution in [0.1, 0.15) is 24.0 Å². The Morgan fingerprint density at radius 1 is 1.29 bits per heavy atom. The molecule has 0 atom stereocenters. The molecule has 1 aromatic carbocycles. The zero-order valence-electron chi connectivity index (χ0n) is 14.2. The summed E-state index contributed by atoms with van der Waals surface area (Å²) in [4.78, 5) is 16.5. The molecule has 1 aromatic heterocycles. The fourth-order valence-electron chi connectivity index (χ4n) is 3.10. The lowest BCUT2D eigenvalue weighted by Gasteiger charge is -2.33. The summed E-state index contributed by atoms with van der Waals surface area (Å²) in [5, 5.41) is 2.67. The lowest BCUT2D eigenvalue weighted by molar-refractivity contribution is -0.121. The van der Waals surface area contributed by atoms with E-state index in [0.717, 1.165) is 11.0 Å². The summed E-state index contributed by atoms with van der Waals surface area (Å²) in [6, 6.07) is 4.08. The molecular formula is C17H23N3O3S. The highest BCUT2D eigenvalue weighted by molar-refractivity contribution is 7.91. The number of amides is 1. The maximum atomic E-state index is 12.2. The van der Waals surface area contributed by atoms with Crippen LogP contribution in [0.15, 0.2) is 18.5 Å². The number of fused-ring (bicyclic) bond motifs is 1. The van der Waals surface area contributed by atoms with E-state index in [9.17, 15) is 13.2 Å². The van der Waals surface area contributed by atoms with Crippen molar-refractivity contribution in [3.8, 4) is 0 Å². The predicted octanol–water partition coefficient (Wildman–Crippen LogP) is 1.59. The minimum Gasteiger partial charge on any atom is -0.354 e. The van der Waals surface area contributed by atoms with Crippen molar-refractivity contribution < 1.29 is 13.2 Å². The fourth-order valence-corrected chi connectivity index (χ4v) is 4.34. The Hall–Kier alpha value is -1.89. The molecule has 1 heterocycles. The third-order valence-corrected chi connectivity index (χ3v) is 6.53. The molecule has 0 saturated heterocycles. The monoisotopic (exact) mass is 349 g/mol. The average molecular weight is 349 g/mol. The van der Waals surface area contributed by atoms with Crippen molar-refractivity contribution in [2.45, 2.75) is 38.5 Å². The van der Waals surface area contributed by atoms with Crippen LogP contribution in [0.2, 0.25) is 0 Å². The van der Waals surface area contributed by atoms with Crippen LogP contribution in [-0.2, 0) is 21.2 Å². The van der Waals surface area contributed by atoms with Crippen LogP contribution in [0.25, 0.3) is 11.0 Å². The van der Waals surface area contributed by atoms with Crippen LogP contribution in [0.4, 0.5) is 0 Å². The standard InChI is InChI=1S/C17H23N3O3S/c1-11-4-15-16(5-12(11)2)20(10-19-15)9-17(21)18-8-13-6-14(7-13)24(3,22)23/h4-5,10,13-14H,6-9H2,1-3H3,(H,18,21). The Bertz CT molecular complexity index is 880. The first kappa shape index (κ1) is 17.0. The Balaban J connectivity index is 1.56. The predicted molar refractivity (Wildman–Crippen MR) is 93.6 cm³/mol. The van der Waals surface area contributed by atoms with Gasteiger partial charge in [-0.3, -0.25) is 4.79 Å². The molecular weight excluding hydrogens is 326 g/mol. The molecule has 0 bridgehead atoms. The van der Waals surface area contributed by atoms with Crippen molar-refractivity contribution in [3.05, 3.63) is 29.6 Å². The van der Waals surface area contributed by atoms with Gasteiger partial charge in [0.05, 0.1) is 22.6 Å². The van der Waals surface area contributed by atoms with E-state index in [-0.39, 0.29) is 23.6 Å². The van der Waals surface area contributed by atoms with E-state index in [4.69, 9.17) is 0 Å². The number of aromatic nitrogens is 2. The summed E-state index contributed by atoms with van der Waals surface area (Å²) in [7, 11) is -2.94. The van der Waals surface area contributed by atoms with Gasteiger partial charge < -0.3 is 9.88 Å². The molecule has 1 aliphatic carbocycles. The highest BCUT2D eigenvalue weighted by atomic mass is 32.2. The van der Waals surface area contributed by atoms with E-state index < -0.39 is 9.84 Å². The van der Waals surface area contributed by atoms with Gasteiger partial charge >= 0.3 is 0 Å². The van der Waals surface area contributed by atoms with Gasteiger partial charge in [0.2, 0.25) is 5.91 Å². The molecule has 1 aliphatic rings. The van der Waals surface area contributed by atoms with Gasteiger partial charge in [-0.05, 0) is 55.9 Å². The smallest absolute Gasteiger partial charge is 0.240 e. The zero-order valence-corrected chi connectivity index (χ0v) is 15.1. The van der Waals surface area contributed by atoms with Crippen LogP contribution in [0.5, 0.6) is 0 Å². The number of nitrogens with zero attached hydrogens (tertiary/aromatic N) is 2. The second-order valence-electron chi connectivity index (χ2n) is 6.89. The van der Waals surface area contributed by atoms with Crippen LogP contribution in [0, 0.1) is 19.8 Å². The number of aryl methyl sites for hydroxylation is 2. The van der Waals surface area contributed by atoms with E-state index in [1.807, 2.05) is 30.5 Å². The third kappa shape index (κ3) is 3.45. The minimum absolute atomic E-state index is 0.0738. The van der Waals surface area contributed by atoms with E-state index in [0.29, 0.717) is 19.4 Å². The number of benzene rings is 1. The number of rotatable bonds is 5. The molecule has 0 unspecified atom stereocenters. The van der Waals surface area contributed by atoms with Crippen LogP contribution in [-0.4, -0.2) is 41.9 Å². The van der Waals surface area contributed by atoms with Crippen molar-refractivity contribution in [3.63, 3.8) is 0 Å². The molecule has 0 spiro atoms. The minimum atomic E-state index is -2.94. The quantitative estimate of drug-likeness (QED) is 0.889. The number of imidazole rings is 1. The molecule has 0 aliphatic heterocycles. The van der Waals surface area contributed by atoms with Crippen LogP contribution >= 0.6 is 0 Å². The average Bonchev–Trinajstić information content (AvgIpc) is 2.78. The van der Waals surface area contributed by atoms with Crippen molar-refractivity contribution in [2.24, 2.45) is 5.92 Å². The molecule has 24 heavy (non-hydrogen) atoms. The first-order valence-corrected chi connectivity index (χ1v) is 10.1. The number of carbonyl (C=O) groups is 1. The molecule has 6 nitrogen and oxygen atoms in total. The zero-order chi connectivity index (χ0) is 17.5. The van der Waals surface area contributed by atoms with Crippen LogP contribution in [0.3, 0.4) is 0 Å². The summed E-state index contributed by atoms with van der Waals surface area (Å²) in [6.07, 6.45) is 4.25. The lowest BCUT2D eigenvalue weighted by atomic mass is 9.85. The SMILES string of the molecule is Cc1cc2ncn(CC(=O)NCC3CC(S(C)(=O)=O)C3)c2cc1C. The number of hydrogen-bond donors (Lipinski definition) is 1. The number of sulfone groups is 1. The Kier molecular flexibility index (Phi) is 4.38. The van der Waals surface area contributed by atoms with Crippen molar-refractivity contribution >= 4 is 26.8 Å². The van der Waals surface area contributed by atoms with E-state index in [2.05, 4.69) is 10.3 Å². The van der Waals surface area contributed by atoms with E-state index in [1.165, 1.54) is 17.4 Å². The molecule has 7 heteroatoms. The highest BCUT2D eigenvalue weighted by Crippen LogP contribution is 2.31. The molecule has 2 aromatic rings. The van der Waals surface area contributed by atoms with Crippen molar-refractivity contribution in [1.29, 1.82) is 0 Å². The maximum Gasteiger partial charge on any atom is 0.240 e. The third-order valence-electron chi connectivity index (χ3n) is 4.94. The topological polar surface area (TPSA) is 81.1 Å². The van der Waals surface area contributed by atoms with Gasteiger partial charge in [-0.15, -0.1) is 0 Å². The maximum absolute atomic E-state index is 12.2. The van der Waals surface area contributed by atoms with Crippen molar-refractivity contribution in [2.75, 3.05) is 12.8 Å². The van der Waals surface area contributed by atoms with Gasteiger partial charge in [-0.2, -0.15) is 0 Å². The molecule has 1 amide bonds. The Labute approximate surface area is 142 Å². The van der Waals surface area contributed by atoms with Gasteiger partial charge in [0.25, 0.3) is 0 Å². The van der Waals surface area contributed by atoms with E-state index in [1.54, 1.807) is 6.33 Å². The number of nitrogens with one attached hydrogen (secondary N) is 1. The second-order valence-corrected chi connectivity index (χ2v) is 9.22. The summed E-state index contributed by atoms with van der Waals surface area (Å²) in [5.41, 5.74) is 4.20. The lowest BCUT2D eigenvalue weighted by Crippen LogP contribution is -2.42. The molecule has 1 saturated carbocycles. The van der Waals surface area contributed by atoms with Gasteiger partial charge in [0.15, 0.2) is 0 Å². The number of carbonyl (C=O) groups excluding carboxylic acids is 1. The fraction of sp³-hybridized carbons (Fsp3) is 0.529. The first-order valence-electron chi connectivity index (χ1n) is 8.11. The van der Waals surface area contributed by atoms with Crippen LogP contribution < -0.4 is 5.32 Å². The Morgan fingerprint density at radius 2 is 1.96 bits per heavy atom. The molecule has 130 valence electrons. The molecule has 0 radical (unpaired) electrons. The van der Waals surface area contributed by atoms with Gasteiger partial charge in [0.1, 0.15) is 16.4 Å². The normalized spacial score (nSPS) is 20.8. The largest absolute Gasteiger partial charge is 0.354 e. The number of hydrogen-bond acceptors (Lipinski definition) is 4. The van der Waals surface area contributed by atoms with Gasteiger partial charge in [-0.25, -0.2) is 13.4 Å². The van der Waals surface area contributed by atoms with Crippen molar-refractivity contribution in [1.82, 2.24) is 14.9 Å². The Morgan fingerprint density at radius 3 is 2.62 bits per heavy atom. The van der Waals surface area contributed by atoms with Gasteiger partial charge in [-0.1, -0.05) is 0 Å². The van der Waals surface area contributed by atoms with E-state index >= 15 is 0 Å². The van der Waals surface area contributed by atoms with Gasteiger partial charge in [0, 0.05) is 12.8 Å². The highest BCUT2D eigenvalue weighted by Gasteiger charge is 2.36. The first-order chi connectivity index (χ1) is 11.2. The second kappa shape index (κ2) is 6.20. The summed E-state index contributed by atoms with van der Waals surface area (Å²) in [6.45, 7) is 4.85. The molecule has 1 fully saturated rings. The summed E-state index contributed by atoms with van der Waals surface area (Å²) in [5.74, 6) is 0.188. The summed E-state index contributed by atoms with van der Waals surface area (Å²) < 4.78 is 24.6.